The number of benzene rings is 1. The van der Waals surface area contributed by atoms with Crippen LogP contribution in [0.2, 0.25) is 0 Å². The van der Waals surface area contributed by atoms with E-state index in [0.29, 0.717) is 0 Å². The van der Waals surface area contributed by atoms with E-state index in [1.165, 1.54) is 20.3 Å². The molecule has 164 valence electrons. The molecule has 1 atom stereocenters. The number of rotatable bonds is 9. The molecular weight excluding hydrogens is 408 g/mol. The van der Waals surface area contributed by atoms with Crippen molar-refractivity contribution in [2.75, 3.05) is 27.1 Å². The highest BCUT2D eigenvalue weighted by Crippen LogP contribution is 2.38. The molecule has 1 aromatic rings. The van der Waals surface area contributed by atoms with Crippen LogP contribution in [-0.2, 0) is 19.0 Å². The van der Waals surface area contributed by atoms with Crippen LogP contribution in [0.3, 0.4) is 0 Å². The lowest BCUT2D eigenvalue weighted by Crippen LogP contribution is -2.35. The molecule has 1 amide bonds. The van der Waals surface area contributed by atoms with E-state index in [1.807, 2.05) is 0 Å². The summed E-state index contributed by atoms with van der Waals surface area (Å²) >= 11 is 0. The third-order valence-corrected chi connectivity index (χ3v) is 4.09. The van der Waals surface area contributed by atoms with E-state index in [1.54, 1.807) is 20.8 Å². The lowest BCUT2D eigenvalue weighted by atomic mass is 10.0. The Kier molecular flexibility index (Phi) is 8.21. The summed E-state index contributed by atoms with van der Waals surface area (Å²) in [6.07, 6.45) is -0.0314. The third-order valence-electron chi connectivity index (χ3n) is 3.50. The van der Waals surface area contributed by atoms with Crippen molar-refractivity contribution in [1.29, 1.82) is 0 Å². The Balaban J connectivity index is 3.34. The van der Waals surface area contributed by atoms with Gasteiger partial charge in [0.05, 0.1) is 49.7 Å². The number of nitro benzene ring substituents is 1. The number of nitro groups is 1. The predicted octanol–water partition coefficient (Wildman–Crippen LogP) is 2.54. The van der Waals surface area contributed by atoms with Gasteiger partial charge in [-0.25, -0.2) is 4.79 Å². The zero-order chi connectivity index (χ0) is 22.4. The Morgan fingerprint density at radius 1 is 1.21 bits per heavy atom. The van der Waals surface area contributed by atoms with Gasteiger partial charge in [0.25, 0.3) is 15.8 Å². The molecule has 0 spiro atoms. The van der Waals surface area contributed by atoms with E-state index in [0.717, 1.165) is 12.3 Å². The van der Waals surface area contributed by atoms with Gasteiger partial charge in [0.2, 0.25) is 0 Å². The Morgan fingerprint density at radius 2 is 1.76 bits per heavy atom. The molecule has 0 heterocycles. The summed E-state index contributed by atoms with van der Waals surface area (Å²) in [5, 5.41) is 14.1. The van der Waals surface area contributed by atoms with Crippen LogP contribution in [0.5, 0.6) is 11.5 Å². The number of carbonyl (C=O) groups excluding carboxylic acids is 1. The number of hydrogen-bond donors (Lipinski definition) is 1. The first-order valence-electron chi connectivity index (χ1n) is 8.51. The number of ether oxygens (including phenoxy) is 3. The van der Waals surface area contributed by atoms with E-state index in [2.05, 4.69) is 5.32 Å². The van der Waals surface area contributed by atoms with Gasteiger partial charge in [0, 0.05) is 0 Å². The van der Waals surface area contributed by atoms with Crippen LogP contribution in [0, 0.1) is 10.1 Å². The van der Waals surface area contributed by atoms with E-state index in [9.17, 15) is 23.3 Å². The van der Waals surface area contributed by atoms with Crippen molar-refractivity contribution in [3.8, 4) is 11.5 Å². The molecule has 1 N–H and O–H groups in total. The van der Waals surface area contributed by atoms with Gasteiger partial charge in [-0.1, -0.05) is 0 Å². The minimum atomic E-state index is -3.73. The molecular formula is C17H26N2O9S. The van der Waals surface area contributed by atoms with Gasteiger partial charge in [-0.3, -0.25) is 14.3 Å². The van der Waals surface area contributed by atoms with Gasteiger partial charge in [-0.15, -0.1) is 0 Å². The van der Waals surface area contributed by atoms with Gasteiger partial charge in [0.1, 0.15) is 5.60 Å². The summed E-state index contributed by atoms with van der Waals surface area (Å²) in [5.74, 6) is 0.333. The van der Waals surface area contributed by atoms with Crippen LogP contribution in [0.4, 0.5) is 10.5 Å². The Bertz CT molecular complexity index is 847. The Morgan fingerprint density at radius 3 is 2.21 bits per heavy atom. The standard InChI is InChI=1S/C17H26N2O9S/c1-17(2,3)28-16(20)18-12(7-8-27-29(6,23)24)11-9-14(25-4)15(26-5)10-13(11)19(21)22/h9-10,12H,7-8H2,1-6H3,(H,18,20). The van der Waals surface area contributed by atoms with Crippen LogP contribution in [0.15, 0.2) is 12.1 Å². The topological polar surface area (TPSA) is 143 Å². The number of carbonyl (C=O) groups is 1. The molecule has 0 saturated carbocycles. The smallest absolute Gasteiger partial charge is 0.408 e. The zero-order valence-electron chi connectivity index (χ0n) is 17.2. The van der Waals surface area contributed by atoms with Crippen LogP contribution >= 0.6 is 0 Å². The van der Waals surface area contributed by atoms with Crippen molar-refractivity contribution >= 4 is 21.9 Å². The highest BCUT2D eigenvalue weighted by molar-refractivity contribution is 7.85. The first-order valence-corrected chi connectivity index (χ1v) is 10.3. The van der Waals surface area contributed by atoms with Crippen LogP contribution in [-0.4, -0.2) is 52.1 Å². The van der Waals surface area contributed by atoms with Gasteiger partial charge in [0.15, 0.2) is 11.5 Å². The summed E-state index contributed by atoms with van der Waals surface area (Å²) in [6.45, 7) is 4.67. The van der Waals surface area contributed by atoms with Crippen LogP contribution < -0.4 is 14.8 Å². The molecule has 1 unspecified atom stereocenters. The summed E-state index contributed by atoms with van der Waals surface area (Å²) in [6, 6.07) is 1.52. The average molecular weight is 434 g/mol. The second kappa shape index (κ2) is 9.74. The van der Waals surface area contributed by atoms with E-state index in [-0.39, 0.29) is 35.8 Å². The number of nitrogens with one attached hydrogen (secondary N) is 1. The summed E-state index contributed by atoms with van der Waals surface area (Å²) in [4.78, 5) is 23.2. The van der Waals surface area contributed by atoms with E-state index < -0.39 is 32.8 Å². The van der Waals surface area contributed by atoms with Crippen molar-refractivity contribution in [3.63, 3.8) is 0 Å². The lowest BCUT2D eigenvalue weighted by molar-refractivity contribution is -0.385. The summed E-state index contributed by atoms with van der Waals surface area (Å²) in [5.41, 5.74) is -1.07. The minimum absolute atomic E-state index is 0.0793. The molecule has 1 aromatic carbocycles. The molecule has 0 aliphatic carbocycles. The molecule has 1 rings (SSSR count). The molecule has 0 bridgehead atoms. The second-order valence-electron chi connectivity index (χ2n) is 7.04. The van der Waals surface area contributed by atoms with Gasteiger partial charge in [-0.05, 0) is 33.3 Å². The molecule has 0 saturated heterocycles. The van der Waals surface area contributed by atoms with Crippen molar-refractivity contribution in [2.45, 2.75) is 38.8 Å². The predicted molar refractivity (Wildman–Crippen MR) is 104 cm³/mol. The normalized spacial score (nSPS) is 12.8. The third kappa shape index (κ3) is 8.11. The molecule has 0 radical (unpaired) electrons. The highest BCUT2D eigenvalue weighted by Gasteiger charge is 2.29. The SMILES string of the molecule is COc1cc(C(CCOS(C)(=O)=O)NC(=O)OC(C)(C)C)c([N+](=O)[O-])cc1OC. The molecule has 0 aliphatic heterocycles. The van der Waals surface area contributed by atoms with Crippen molar-refractivity contribution in [2.24, 2.45) is 0 Å². The fraction of sp³-hybridized carbons (Fsp3) is 0.588. The van der Waals surface area contributed by atoms with Gasteiger partial charge >= 0.3 is 6.09 Å². The fourth-order valence-electron chi connectivity index (χ4n) is 2.39. The summed E-state index contributed by atoms with van der Waals surface area (Å²) < 4.78 is 42.7. The van der Waals surface area contributed by atoms with Crippen LogP contribution in [0.25, 0.3) is 0 Å². The monoisotopic (exact) mass is 434 g/mol. The first kappa shape index (κ1) is 24.4. The molecule has 0 aliphatic rings. The minimum Gasteiger partial charge on any atom is -0.493 e. The number of alkyl carbamates (subject to hydrolysis) is 1. The first-order chi connectivity index (χ1) is 13.3. The zero-order valence-corrected chi connectivity index (χ0v) is 18.0. The van der Waals surface area contributed by atoms with Gasteiger partial charge in [-0.2, -0.15) is 8.42 Å². The van der Waals surface area contributed by atoms with Gasteiger partial charge < -0.3 is 19.5 Å². The van der Waals surface area contributed by atoms with Crippen LogP contribution in [0.1, 0.15) is 38.8 Å². The Hall–Kier alpha value is -2.60. The number of methoxy groups -OCH3 is 2. The molecule has 0 fully saturated rings. The maximum Gasteiger partial charge on any atom is 0.408 e. The molecule has 12 heteroatoms. The number of amides is 1. The quantitative estimate of drug-likeness (QED) is 0.352. The van der Waals surface area contributed by atoms with Crippen molar-refractivity contribution in [3.05, 3.63) is 27.8 Å². The molecule has 29 heavy (non-hydrogen) atoms. The van der Waals surface area contributed by atoms with Crippen molar-refractivity contribution < 1.29 is 36.5 Å². The molecule has 11 nitrogen and oxygen atoms in total. The second-order valence-corrected chi connectivity index (χ2v) is 8.68. The van der Waals surface area contributed by atoms with E-state index in [4.69, 9.17) is 18.4 Å². The molecule has 0 aromatic heterocycles. The van der Waals surface area contributed by atoms with E-state index >= 15 is 0 Å². The Labute approximate surface area is 169 Å². The fourth-order valence-corrected chi connectivity index (χ4v) is 2.79. The number of nitrogens with zero attached hydrogens (tertiary/aromatic N) is 1. The maximum atomic E-state index is 12.2. The number of hydrogen-bond acceptors (Lipinski definition) is 9. The van der Waals surface area contributed by atoms with Crippen molar-refractivity contribution in [1.82, 2.24) is 5.32 Å². The average Bonchev–Trinajstić information content (AvgIpc) is 2.56. The largest absolute Gasteiger partial charge is 0.493 e. The lowest BCUT2D eigenvalue weighted by Gasteiger charge is -2.24. The maximum absolute atomic E-state index is 12.2. The summed E-state index contributed by atoms with van der Waals surface area (Å²) in [7, 11) is -1.04. The highest BCUT2D eigenvalue weighted by atomic mass is 32.2.